The molecule has 2 aromatic heterocycles. The number of nitrogens with zero attached hydrogens (tertiary/aromatic N) is 5. The lowest BCUT2D eigenvalue weighted by Crippen LogP contribution is -2.58. The predicted molar refractivity (Wildman–Crippen MR) is 145 cm³/mol. The molecule has 0 spiro atoms. The zero-order valence-corrected chi connectivity index (χ0v) is 22.5. The van der Waals surface area contributed by atoms with E-state index in [2.05, 4.69) is 25.2 Å². The number of aryl methyl sites for hydroxylation is 1. The van der Waals surface area contributed by atoms with Gasteiger partial charge in [0.2, 0.25) is 12.7 Å². The Kier molecular flexibility index (Phi) is 7.49. The Morgan fingerprint density at radius 3 is 2.88 bits per heavy atom. The van der Waals surface area contributed by atoms with Crippen molar-refractivity contribution in [3.8, 4) is 23.1 Å². The van der Waals surface area contributed by atoms with E-state index in [1.165, 1.54) is 0 Å². The van der Waals surface area contributed by atoms with Crippen LogP contribution in [0.1, 0.15) is 30.5 Å². The van der Waals surface area contributed by atoms with Crippen molar-refractivity contribution in [2.75, 3.05) is 44.5 Å². The highest BCUT2D eigenvalue weighted by Gasteiger charge is 2.37. The quantitative estimate of drug-likeness (QED) is 0.433. The lowest BCUT2D eigenvalue weighted by Gasteiger charge is -2.42. The van der Waals surface area contributed by atoms with Crippen molar-refractivity contribution in [1.82, 2.24) is 30.2 Å². The molecule has 3 aliphatic rings. The molecule has 3 aliphatic heterocycles. The number of hydrogen-bond acceptors (Lipinski definition) is 9. The van der Waals surface area contributed by atoms with Gasteiger partial charge in [0, 0.05) is 63.4 Å². The monoisotopic (exact) mass is 547 g/mol. The first-order chi connectivity index (χ1) is 19.5. The number of H-pyrrole nitrogens is 1. The van der Waals surface area contributed by atoms with Gasteiger partial charge in [-0.3, -0.25) is 9.59 Å². The summed E-state index contributed by atoms with van der Waals surface area (Å²) in [5.41, 5.74) is 1.86. The third-order valence-corrected chi connectivity index (χ3v) is 7.44. The number of aromatic nitrogens is 4. The number of fused-ring (bicyclic) bond motifs is 1. The van der Waals surface area contributed by atoms with Gasteiger partial charge in [0.25, 0.3) is 5.91 Å². The van der Waals surface area contributed by atoms with Gasteiger partial charge >= 0.3 is 0 Å². The molecule has 2 atom stereocenters. The van der Waals surface area contributed by atoms with Crippen LogP contribution in [-0.2, 0) is 20.7 Å². The first-order valence-corrected chi connectivity index (χ1v) is 13.7. The highest BCUT2D eigenvalue weighted by Crippen LogP contribution is 2.32. The van der Waals surface area contributed by atoms with Crippen LogP contribution < -0.4 is 19.7 Å². The van der Waals surface area contributed by atoms with Crippen molar-refractivity contribution in [3.05, 3.63) is 47.9 Å². The number of anilines is 1. The van der Waals surface area contributed by atoms with Crippen molar-refractivity contribution >= 4 is 17.6 Å². The molecular formula is C28H33N7O5. The Morgan fingerprint density at radius 2 is 2.05 bits per heavy atom. The molecule has 5 heterocycles. The minimum absolute atomic E-state index is 0.0366. The first kappa shape index (κ1) is 26.1. The van der Waals surface area contributed by atoms with Gasteiger partial charge in [-0.15, -0.1) is 0 Å². The van der Waals surface area contributed by atoms with Crippen LogP contribution in [0, 0.1) is 6.92 Å². The number of ether oxygens (including phenoxy) is 3. The summed E-state index contributed by atoms with van der Waals surface area (Å²) in [6.07, 6.45) is 5.39. The zero-order chi connectivity index (χ0) is 27.5. The smallest absolute Gasteiger partial charge is 0.252 e. The summed E-state index contributed by atoms with van der Waals surface area (Å²) >= 11 is 0. The molecule has 6 rings (SSSR count). The van der Waals surface area contributed by atoms with Crippen LogP contribution in [0.2, 0.25) is 0 Å². The Labute approximate surface area is 232 Å². The van der Waals surface area contributed by atoms with Crippen molar-refractivity contribution in [1.29, 1.82) is 0 Å². The van der Waals surface area contributed by atoms with Gasteiger partial charge in [-0.25, -0.2) is 15.0 Å². The largest absolute Gasteiger partial charge is 0.454 e. The summed E-state index contributed by atoms with van der Waals surface area (Å²) in [7, 11) is 0. The second-order valence-electron chi connectivity index (χ2n) is 10.3. The van der Waals surface area contributed by atoms with E-state index in [0.717, 1.165) is 35.0 Å². The Morgan fingerprint density at radius 1 is 1.15 bits per heavy atom. The van der Waals surface area contributed by atoms with E-state index in [4.69, 9.17) is 19.2 Å². The van der Waals surface area contributed by atoms with Gasteiger partial charge in [0.1, 0.15) is 11.9 Å². The zero-order valence-electron chi connectivity index (χ0n) is 22.5. The van der Waals surface area contributed by atoms with E-state index in [1.54, 1.807) is 12.4 Å². The van der Waals surface area contributed by atoms with Crippen LogP contribution in [0.3, 0.4) is 0 Å². The number of imidazole rings is 1. The summed E-state index contributed by atoms with van der Waals surface area (Å²) in [4.78, 5) is 47.0. The SMILES string of the molecule is Cc1cc(N2CCN(C(=O)C3CCCO3)C(CC(=O)NCCc3ccc4c(c3)OCO4)C2)nc(-c2ncc[nH]2)n1. The van der Waals surface area contributed by atoms with E-state index in [1.807, 2.05) is 36.1 Å². The lowest BCUT2D eigenvalue weighted by atomic mass is 10.1. The average Bonchev–Trinajstić information content (AvgIpc) is 3.75. The Hall–Kier alpha value is -4.19. The lowest BCUT2D eigenvalue weighted by molar-refractivity contribution is -0.144. The van der Waals surface area contributed by atoms with E-state index >= 15 is 0 Å². The normalized spacial score (nSPS) is 20.1. The minimum Gasteiger partial charge on any atom is -0.454 e. The summed E-state index contributed by atoms with van der Waals surface area (Å²) in [5.74, 6) is 3.17. The maximum absolute atomic E-state index is 13.4. The molecule has 0 saturated carbocycles. The molecule has 0 aliphatic carbocycles. The van der Waals surface area contributed by atoms with Gasteiger partial charge in [0.15, 0.2) is 23.1 Å². The fourth-order valence-electron chi connectivity index (χ4n) is 5.42. The highest BCUT2D eigenvalue weighted by atomic mass is 16.7. The number of piperazine rings is 1. The first-order valence-electron chi connectivity index (χ1n) is 13.7. The summed E-state index contributed by atoms with van der Waals surface area (Å²) in [6, 6.07) is 7.40. The molecule has 2 unspecified atom stereocenters. The number of rotatable bonds is 8. The maximum Gasteiger partial charge on any atom is 0.252 e. The molecule has 0 bridgehead atoms. The van der Waals surface area contributed by atoms with Crippen molar-refractivity contribution < 1.29 is 23.8 Å². The van der Waals surface area contributed by atoms with Crippen molar-refractivity contribution in [2.45, 2.75) is 44.8 Å². The maximum atomic E-state index is 13.4. The van der Waals surface area contributed by atoms with E-state index < -0.39 is 6.10 Å². The summed E-state index contributed by atoms with van der Waals surface area (Å²) in [6.45, 7) is 4.76. The van der Waals surface area contributed by atoms with Crippen LogP contribution >= 0.6 is 0 Å². The molecule has 40 heavy (non-hydrogen) atoms. The number of amides is 2. The number of hydrogen-bond donors (Lipinski definition) is 2. The predicted octanol–water partition coefficient (Wildman–Crippen LogP) is 1.85. The van der Waals surface area contributed by atoms with E-state index in [0.29, 0.717) is 57.3 Å². The van der Waals surface area contributed by atoms with Crippen LogP contribution in [0.15, 0.2) is 36.7 Å². The molecular weight excluding hydrogens is 514 g/mol. The van der Waals surface area contributed by atoms with Crippen LogP contribution in [0.25, 0.3) is 11.6 Å². The molecule has 12 heteroatoms. The van der Waals surface area contributed by atoms with E-state index in [9.17, 15) is 9.59 Å². The Bertz CT molecular complexity index is 1360. The summed E-state index contributed by atoms with van der Waals surface area (Å²) in [5, 5.41) is 3.03. The van der Waals surface area contributed by atoms with Crippen LogP contribution in [-0.4, -0.2) is 88.4 Å². The Balaban J connectivity index is 1.13. The molecule has 2 fully saturated rings. The molecule has 3 aromatic rings. The number of nitrogens with one attached hydrogen (secondary N) is 2. The van der Waals surface area contributed by atoms with Crippen LogP contribution in [0.4, 0.5) is 5.82 Å². The van der Waals surface area contributed by atoms with Gasteiger partial charge in [-0.2, -0.15) is 0 Å². The third kappa shape index (κ3) is 5.71. The fourth-order valence-corrected chi connectivity index (χ4v) is 5.42. The van der Waals surface area contributed by atoms with Gasteiger partial charge in [0.05, 0.1) is 6.04 Å². The van der Waals surface area contributed by atoms with Crippen LogP contribution in [0.5, 0.6) is 11.5 Å². The molecule has 0 radical (unpaired) electrons. The number of carbonyl (C=O) groups excluding carboxylic acids is 2. The number of carbonyl (C=O) groups is 2. The van der Waals surface area contributed by atoms with Gasteiger partial charge < -0.3 is 34.3 Å². The highest BCUT2D eigenvalue weighted by molar-refractivity contribution is 5.83. The fraction of sp³-hybridized carbons (Fsp3) is 0.464. The average molecular weight is 548 g/mol. The van der Waals surface area contributed by atoms with Gasteiger partial charge in [-0.1, -0.05) is 6.07 Å². The molecule has 12 nitrogen and oxygen atoms in total. The van der Waals surface area contributed by atoms with Crippen molar-refractivity contribution in [3.63, 3.8) is 0 Å². The second-order valence-corrected chi connectivity index (χ2v) is 10.3. The minimum atomic E-state index is -0.435. The third-order valence-electron chi connectivity index (χ3n) is 7.44. The summed E-state index contributed by atoms with van der Waals surface area (Å²) < 4.78 is 16.5. The number of benzene rings is 1. The molecule has 210 valence electrons. The molecule has 2 saturated heterocycles. The topological polar surface area (TPSA) is 135 Å². The molecule has 2 amide bonds. The number of aromatic amines is 1. The molecule has 2 N–H and O–H groups in total. The second kappa shape index (κ2) is 11.5. The van der Waals surface area contributed by atoms with E-state index in [-0.39, 0.29) is 31.1 Å². The standard InChI is InChI=1S/C28H33N7O5/c1-18-13-24(33-27(32-18)26-30-8-9-31-26)34-10-11-35(28(37)22-3-2-12-38-22)20(16-34)15-25(36)29-7-6-19-4-5-21-23(14-19)40-17-39-21/h4-5,8-9,13-14,20,22H,2-3,6-7,10-12,15-17H2,1H3,(H,29,36)(H,30,31). The van der Waals surface area contributed by atoms with Crippen molar-refractivity contribution in [2.24, 2.45) is 0 Å². The molecule has 1 aromatic carbocycles. The van der Waals surface area contributed by atoms with Gasteiger partial charge in [-0.05, 0) is 43.9 Å².